The molecule has 1 aliphatic carbocycles. The summed E-state index contributed by atoms with van der Waals surface area (Å²) in [7, 11) is 0. The van der Waals surface area contributed by atoms with Crippen molar-refractivity contribution in [1.29, 1.82) is 0 Å². The van der Waals surface area contributed by atoms with Crippen molar-refractivity contribution in [3.05, 3.63) is 41.0 Å². The minimum atomic E-state index is 0.239. The van der Waals surface area contributed by atoms with E-state index < -0.39 is 0 Å². The van der Waals surface area contributed by atoms with Crippen LogP contribution in [0, 0.1) is 0 Å². The topological polar surface area (TPSA) is 57.0 Å². The predicted molar refractivity (Wildman–Crippen MR) is 76.4 cm³/mol. The van der Waals surface area contributed by atoms with Crippen molar-refractivity contribution in [2.45, 2.75) is 45.3 Å². The van der Waals surface area contributed by atoms with Gasteiger partial charge in [-0.15, -0.1) is 10.2 Å². The molecule has 2 aromatic rings. The Bertz CT molecular complexity index is 706. The first-order valence-electron chi connectivity index (χ1n) is 7.51. The molecule has 2 heterocycles. The molecule has 0 unspecified atom stereocenters. The summed E-state index contributed by atoms with van der Waals surface area (Å²) in [6, 6.07) is 5.72. The second-order valence-corrected chi connectivity index (χ2v) is 5.67. The number of ether oxygens (including phenoxy) is 1. The number of aromatic nitrogens is 3. The van der Waals surface area contributed by atoms with Crippen molar-refractivity contribution in [2.24, 2.45) is 0 Å². The van der Waals surface area contributed by atoms with E-state index in [1.807, 2.05) is 18.2 Å². The van der Waals surface area contributed by atoms with Crippen molar-refractivity contribution in [3.63, 3.8) is 0 Å². The Morgan fingerprint density at radius 3 is 3.05 bits per heavy atom. The van der Waals surface area contributed by atoms with Crippen LogP contribution in [0.3, 0.4) is 0 Å². The Labute approximate surface area is 122 Å². The molecular formula is C16H17N3O2. The summed E-state index contributed by atoms with van der Waals surface area (Å²) in [5.74, 6) is 3.00. The highest BCUT2D eigenvalue weighted by molar-refractivity contribution is 6.00. The molecule has 0 saturated carbocycles. The lowest BCUT2D eigenvalue weighted by molar-refractivity contribution is 0.0994. The first kappa shape index (κ1) is 12.6. The highest BCUT2D eigenvalue weighted by atomic mass is 16.5. The highest BCUT2D eigenvalue weighted by Gasteiger charge is 2.20. The summed E-state index contributed by atoms with van der Waals surface area (Å²) in [6.45, 7) is 1.42. The smallest absolute Gasteiger partial charge is 0.171 e. The van der Waals surface area contributed by atoms with Gasteiger partial charge in [-0.2, -0.15) is 0 Å². The van der Waals surface area contributed by atoms with Crippen molar-refractivity contribution in [3.8, 4) is 5.75 Å². The normalized spacial score (nSPS) is 16.7. The first-order valence-corrected chi connectivity index (χ1v) is 7.51. The summed E-state index contributed by atoms with van der Waals surface area (Å²) in [5, 5.41) is 8.46. The number of aryl methyl sites for hydroxylation is 2. The molecule has 4 rings (SSSR count). The predicted octanol–water partition coefficient (Wildman–Crippen LogP) is 2.32. The molecule has 1 aliphatic heterocycles. The fourth-order valence-electron chi connectivity index (χ4n) is 3.14. The third-order valence-electron chi connectivity index (χ3n) is 4.30. The number of fused-ring (bicyclic) bond motifs is 2. The van der Waals surface area contributed by atoms with Gasteiger partial charge >= 0.3 is 0 Å². The van der Waals surface area contributed by atoms with Gasteiger partial charge in [0.05, 0.1) is 0 Å². The Hall–Kier alpha value is -2.17. The van der Waals surface area contributed by atoms with Gasteiger partial charge < -0.3 is 9.30 Å². The van der Waals surface area contributed by atoms with Gasteiger partial charge in [0, 0.05) is 24.9 Å². The minimum Gasteiger partial charge on any atom is -0.486 e. The lowest BCUT2D eigenvalue weighted by Gasteiger charge is -2.15. The fraction of sp³-hybridized carbons (Fsp3) is 0.438. The van der Waals surface area contributed by atoms with Crippen LogP contribution in [-0.2, 0) is 26.0 Å². The Morgan fingerprint density at radius 2 is 2.10 bits per heavy atom. The average molecular weight is 283 g/mol. The molecule has 0 fully saturated rings. The van der Waals surface area contributed by atoms with Gasteiger partial charge in [-0.3, -0.25) is 4.79 Å². The summed E-state index contributed by atoms with van der Waals surface area (Å²) >= 11 is 0. The molecule has 0 saturated heterocycles. The zero-order valence-electron chi connectivity index (χ0n) is 11.8. The van der Waals surface area contributed by atoms with E-state index >= 15 is 0 Å². The zero-order valence-corrected chi connectivity index (χ0v) is 11.8. The van der Waals surface area contributed by atoms with E-state index in [-0.39, 0.29) is 5.78 Å². The van der Waals surface area contributed by atoms with E-state index in [2.05, 4.69) is 14.8 Å². The summed E-state index contributed by atoms with van der Waals surface area (Å²) in [6.07, 6.45) is 4.83. The summed E-state index contributed by atoms with van der Waals surface area (Å²) < 4.78 is 8.01. The monoisotopic (exact) mass is 283 g/mol. The van der Waals surface area contributed by atoms with E-state index in [9.17, 15) is 4.79 Å². The van der Waals surface area contributed by atoms with E-state index in [0.717, 1.165) is 47.9 Å². The number of ketones is 1. The van der Waals surface area contributed by atoms with Gasteiger partial charge in [0.1, 0.15) is 18.2 Å². The van der Waals surface area contributed by atoms with Crippen LogP contribution in [-0.4, -0.2) is 20.5 Å². The van der Waals surface area contributed by atoms with Crippen molar-refractivity contribution in [1.82, 2.24) is 14.8 Å². The van der Waals surface area contributed by atoms with Crippen LogP contribution in [0.2, 0.25) is 0 Å². The third kappa shape index (κ3) is 2.22. The number of hydrogen-bond donors (Lipinski definition) is 0. The van der Waals surface area contributed by atoms with Crippen LogP contribution >= 0.6 is 0 Å². The van der Waals surface area contributed by atoms with Crippen LogP contribution in [0.1, 0.15) is 46.8 Å². The molecule has 0 radical (unpaired) electrons. The van der Waals surface area contributed by atoms with E-state index in [1.54, 1.807) is 0 Å². The largest absolute Gasteiger partial charge is 0.486 e. The molecule has 0 atom stereocenters. The molecule has 21 heavy (non-hydrogen) atoms. The molecular weight excluding hydrogens is 266 g/mol. The van der Waals surface area contributed by atoms with Crippen LogP contribution < -0.4 is 4.74 Å². The standard InChI is InChI=1S/C16H17N3O2/c20-14-7-4-11-9-12(5-6-13(11)14)21-10-16-18-17-15-3-1-2-8-19(15)16/h5-6,9H,1-4,7-8,10H2. The molecule has 0 spiro atoms. The number of hydrogen-bond acceptors (Lipinski definition) is 4. The van der Waals surface area contributed by atoms with Gasteiger partial charge in [-0.05, 0) is 43.0 Å². The molecule has 0 amide bonds. The van der Waals surface area contributed by atoms with Crippen molar-refractivity contribution < 1.29 is 9.53 Å². The first-order chi connectivity index (χ1) is 10.3. The Morgan fingerprint density at radius 1 is 1.14 bits per heavy atom. The number of rotatable bonds is 3. The summed E-state index contributed by atoms with van der Waals surface area (Å²) in [4.78, 5) is 11.6. The van der Waals surface area contributed by atoms with Crippen LogP contribution in [0.15, 0.2) is 18.2 Å². The molecule has 0 bridgehead atoms. The average Bonchev–Trinajstić information content (AvgIpc) is 3.09. The highest BCUT2D eigenvalue weighted by Crippen LogP contribution is 2.26. The molecule has 5 heteroatoms. The second kappa shape index (κ2) is 4.98. The zero-order chi connectivity index (χ0) is 14.2. The van der Waals surface area contributed by atoms with Crippen molar-refractivity contribution in [2.75, 3.05) is 0 Å². The Kier molecular flexibility index (Phi) is 2.98. The number of carbonyl (C=O) groups excluding carboxylic acids is 1. The molecule has 5 nitrogen and oxygen atoms in total. The maximum atomic E-state index is 11.6. The van der Waals surface area contributed by atoms with Gasteiger partial charge in [0.2, 0.25) is 0 Å². The molecule has 1 aromatic carbocycles. The van der Waals surface area contributed by atoms with E-state index in [1.165, 1.54) is 12.8 Å². The van der Waals surface area contributed by atoms with E-state index in [4.69, 9.17) is 4.74 Å². The number of nitrogens with zero attached hydrogens (tertiary/aromatic N) is 3. The van der Waals surface area contributed by atoms with Gasteiger partial charge in [0.25, 0.3) is 0 Å². The summed E-state index contributed by atoms with van der Waals surface area (Å²) in [5.41, 5.74) is 1.95. The number of Topliss-reactive ketones (excluding diaryl/α,β-unsaturated/α-hetero) is 1. The third-order valence-corrected chi connectivity index (χ3v) is 4.30. The SMILES string of the molecule is O=C1CCc2cc(OCc3nnc4n3CCCC4)ccc21. The Balaban J connectivity index is 1.50. The lowest BCUT2D eigenvalue weighted by atomic mass is 10.1. The van der Waals surface area contributed by atoms with Gasteiger partial charge in [-0.1, -0.05) is 0 Å². The lowest BCUT2D eigenvalue weighted by Crippen LogP contribution is -2.14. The van der Waals surface area contributed by atoms with Crippen LogP contribution in [0.5, 0.6) is 5.75 Å². The molecule has 108 valence electrons. The number of benzene rings is 1. The van der Waals surface area contributed by atoms with Crippen LogP contribution in [0.4, 0.5) is 0 Å². The maximum Gasteiger partial charge on any atom is 0.171 e. The van der Waals surface area contributed by atoms with Gasteiger partial charge in [-0.25, -0.2) is 0 Å². The molecule has 2 aliphatic rings. The number of carbonyl (C=O) groups is 1. The quantitative estimate of drug-likeness (QED) is 0.867. The maximum absolute atomic E-state index is 11.6. The van der Waals surface area contributed by atoms with Crippen LogP contribution in [0.25, 0.3) is 0 Å². The second-order valence-electron chi connectivity index (χ2n) is 5.67. The molecule has 0 N–H and O–H groups in total. The van der Waals surface area contributed by atoms with E-state index in [0.29, 0.717) is 13.0 Å². The molecule has 1 aromatic heterocycles. The minimum absolute atomic E-state index is 0.239. The fourth-order valence-corrected chi connectivity index (χ4v) is 3.14. The van der Waals surface area contributed by atoms with Gasteiger partial charge in [0.15, 0.2) is 11.6 Å². The van der Waals surface area contributed by atoms with Crippen molar-refractivity contribution >= 4 is 5.78 Å².